The molecular weight excluding hydrogens is 412 g/mol. The Kier molecular flexibility index (Phi) is 5.36. The van der Waals surface area contributed by atoms with E-state index in [9.17, 15) is 4.79 Å². The Morgan fingerprint density at radius 1 is 0.900 bits per heavy atom. The van der Waals surface area contributed by atoms with Crippen LogP contribution in [-0.2, 0) is 0 Å². The average Bonchev–Trinajstić information content (AvgIpc) is 2.95. The predicted octanol–water partition coefficient (Wildman–Crippen LogP) is 6.60. The molecule has 3 nitrogen and oxygen atoms in total. The van der Waals surface area contributed by atoms with Gasteiger partial charge in [-0.3, -0.25) is 4.79 Å². The van der Waals surface area contributed by atoms with E-state index >= 15 is 0 Å². The van der Waals surface area contributed by atoms with Crippen LogP contribution in [0.4, 0.5) is 5.69 Å². The number of hydrogen-bond acceptors (Lipinski definition) is 3. The zero-order valence-corrected chi connectivity index (χ0v) is 18.0. The van der Waals surface area contributed by atoms with Crippen molar-refractivity contribution in [3.05, 3.63) is 88.4 Å². The van der Waals surface area contributed by atoms with Crippen LogP contribution in [0.25, 0.3) is 0 Å². The van der Waals surface area contributed by atoms with Gasteiger partial charge in [0.25, 0.3) is 5.91 Å². The first-order valence-corrected chi connectivity index (χ1v) is 11.4. The number of halogens is 1. The summed E-state index contributed by atoms with van der Waals surface area (Å²) in [5.41, 5.74) is 4.45. The lowest BCUT2D eigenvalue weighted by Crippen LogP contribution is -2.35. The van der Waals surface area contributed by atoms with Gasteiger partial charge in [-0.15, -0.1) is 0 Å². The summed E-state index contributed by atoms with van der Waals surface area (Å²) in [6.45, 7) is 1.68. The molecule has 0 aromatic heterocycles. The summed E-state index contributed by atoms with van der Waals surface area (Å²) in [5, 5.41) is 0.679. The highest BCUT2D eigenvalue weighted by molar-refractivity contribution is 7.99. The predicted molar refractivity (Wildman–Crippen MR) is 124 cm³/mol. The number of benzene rings is 3. The van der Waals surface area contributed by atoms with Crippen LogP contribution < -0.4 is 0 Å². The molecule has 0 unspecified atom stereocenters. The summed E-state index contributed by atoms with van der Waals surface area (Å²) < 4.78 is 0. The van der Waals surface area contributed by atoms with Crippen LogP contribution in [0.15, 0.2) is 81.5 Å². The summed E-state index contributed by atoms with van der Waals surface area (Å²) in [6, 6.07) is 22.0. The number of likely N-dealkylation sites (tertiary alicyclic amines) is 1. The molecule has 0 aliphatic carbocycles. The number of amides is 1. The molecule has 1 amide bonds. The van der Waals surface area contributed by atoms with Crippen LogP contribution in [-0.4, -0.2) is 29.6 Å². The monoisotopic (exact) mass is 432 g/mol. The molecule has 1 fully saturated rings. The molecular formula is C25H21ClN2OS. The lowest BCUT2D eigenvalue weighted by molar-refractivity contribution is 0.0724. The number of aliphatic imine (C=N–C) groups is 1. The Hall–Kier alpha value is -2.56. The third-order valence-corrected chi connectivity index (χ3v) is 6.92. The highest BCUT2D eigenvalue weighted by atomic mass is 35.5. The van der Waals surface area contributed by atoms with E-state index in [0.29, 0.717) is 10.6 Å². The van der Waals surface area contributed by atoms with Crippen molar-refractivity contribution in [3.8, 4) is 0 Å². The fraction of sp³-hybridized carbons (Fsp3) is 0.200. The van der Waals surface area contributed by atoms with Gasteiger partial charge < -0.3 is 4.90 Å². The minimum absolute atomic E-state index is 0.101. The largest absolute Gasteiger partial charge is 0.339 e. The first-order valence-electron chi connectivity index (χ1n) is 10.2. The molecule has 0 N–H and O–H groups in total. The van der Waals surface area contributed by atoms with Gasteiger partial charge in [-0.25, -0.2) is 4.99 Å². The maximum absolute atomic E-state index is 13.0. The second-order valence-corrected chi connectivity index (χ2v) is 9.12. The first-order chi connectivity index (χ1) is 14.7. The molecule has 0 bridgehead atoms. The van der Waals surface area contributed by atoms with E-state index in [-0.39, 0.29) is 5.91 Å². The molecule has 0 atom stereocenters. The van der Waals surface area contributed by atoms with Crippen molar-refractivity contribution in [2.24, 2.45) is 4.99 Å². The van der Waals surface area contributed by atoms with E-state index in [1.54, 1.807) is 11.8 Å². The summed E-state index contributed by atoms with van der Waals surface area (Å²) >= 11 is 7.96. The third kappa shape index (κ3) is 3.78. The van der Waals surface area contributed by atoms with E-state index in [4.69, 9.17) is 16.6 Å². The van der Waals surface area contributed by atoms with E-state index in [1.165, 1.54) is 6.42 Å². The van der Waals surface area contributed by atoms with Crippen molar-refractivity contribution in [2.75, 3.05) is 13.1 Å². The average molecular weight is 433 g/mol. The van der Waals surface area contributed by atoms with Crippen LogP contribution in [0, 0.1) is 0 Å². The van der Waals surface area contributed by atoms with Crippen LogP contribution >= 0.6 is 23.4 Å². The van der Waals surface area contributed by atoms with Crippen LogP contribution in [0.3, 0.4) is 0 Å². The fourth-order valence-corrected chi connectivity index (χ4v) is 5.20. The van der Waals surface area contributed by atoms with E-state index in [2.05, 4.69) is 12.1 Å². The lowest BCUT2D eigenvalue weighted by Gasteiger charge is -2.26. The van der Waals surface area contributed by atoms with Crippen molar-refractivity contribution in [1.29, 1.82) is 0 Å². The number of rotatable bonds is 2. The van der Waals surface area contributed by atoms with Crippen molar-refractivity contribution in [3.63, 3.8) is 0 Å². The van der Waals surface area contributed by atoms with Crippen molar-refractivity contribution < 1.29 is 4.79 Å². The summed E-state index contributed by atoms with van der Waals surface area (Å²) in [5.74, 6) is 0.101. The SMILES string of the molecule is O=C(c1ccc2c(c1)N=C(c1cccc(Cl)c1)c1ccccc1S2)N1CCCCC1. The van der Waals surface area contributed by atoms with Gasteiger partial charge in [-0.1, -0.05) is 53.7 Å². The van der Waals surface area contributed by atoms with Crippen LogP contribution in [0.5, 0.6) is 0 Å². The fourth-order valence-electron chi connectivity index (χ4n) is 4.01. The van der Waals surface area contributed by atoms with Crippen LogP contribution in [0.2, 0.25) is 5.02 Å². The topological polar surface area (TPSA) is 32.7 Å². The van der Waals surface area contributed by atoms with Gasteiger partial charge in [-0.2, -0.15) is 0 Å². The Labute approximate surface area is 185 Å². The molecule has 30 heavy (non-hydrogen) atoms. The Balaban J connectivity index is 1.61. The number of carbonyl (C=O) groups is 1. The van der Waals surface area contributed by atoms with Gasteiger partial charge in [0.05, 0.1) is 11.4 Å². The van der Waals surface area contributed by atoms with Gasteiger partial charge in [-0.05, 0) is 55.7 Å². The lowest BCUT2D eigenvalue weighted by atomic mass is 10.0. The number of nitrogens with zero attached hydrogens (tertiary/aromatic N) is 2. The molecule has 3 aromatic carbocycles. The Morgan fingerprint density at radius 2 is 1.73 bits per heavy atom. The normalized spacial score (nSPS) is 15.6. The molecule has 1 saturated heterocycles. The Morgan fingerprint density at radius 3 is 2.57 bits per heavy atom. The highest BCUT2D eigenvalue weighted by Gasteiger charge is 2.22. The highest BCUT2D eigenvalue weighted by Crippen LogP contribution is 2.41. The first kappa shape index (κ1) is 19.4. The summed E-state index contributed by atoms with van der Waals surface area (Å²) in [7, 11) is 0. The standard InChI is InChI=1S/C25H21ClN2OS/c26-19-8-6-7-17(15-19)24-20-9-2-3-10-22(20)30-23-12-11-18(16-21(23)27-24)25(29)28-13-4-1-5-14-28/h2-3,6-12,15-16H,1,4-5,13-14H2. The number of carbonyl (C=O) groups excluding carboxylic acids is 1. The second-order valence-electron chi connectivity index (χ2n) is 7.60. The smallest absolute Gasteiger partial charge is 0.253 e. The van der Waals surface area contributed by atoms with Crippen molar-refractivity contribution in [1.82, 2.24) is 4.90 Å². The number of hydrogen-bond donors (Lipinski definition) is 0. The zero-order valence-electron chi connectivity index (χ0n) is 16.5. The molecule has 2 aliphatic heterocycles. The van der Waals surface area contributed by atoms with Crippen LogP contribution in [0.1, 0.15) is 40.7 Å². The molecule has 2 heterocycles. The minimum Gasteiger partial charge on any atom is -0.339 e. The van der Waals surface area contributed by atoms with E-state index in [1.807, 2.05) is 59.5 Å². The van der Waals surface area contributed by atoms with Gasteiger partial charge >= 0.3 is 0 Å². The van der Waals surface area contributed by atoms with Crippen molar-refractivity contribution in [2.45, 2.75) is 29.1 Å². The molecule has 5 heteroatoms. The Bertz CT molecular complexity index is 1150. The number of fused-ring (bicyclic) bond motifs is 2. The molecule has 0 radical (unpaired) electrons. The van der Waals surface area contributed by atoms with E-state index in [0.717, 1.165) is 58.2 Å². The second kappa shape index (κ2) is 8.29. The molecule has 0 spiro atoms. The molecule has 3 aromatic rings. The zero-order chi connectivity index (χ0) is 20.5. The summed E-state index contributed by atoms with van der Waals surface area (Å²) in [6.07, 6.45) is 3.37. The molecule has 5 rings (SSSR count). The minimum atomic E-state index is 0.101. The number of piperidine rings is 1. The molecule has 150 valence electrons. The van der Waals surface area contributed by atoms with Gasteiger partial charge in [0.2, 0.25) is 0 Å². The summed E-state index contributed by atoms with van der Waals surface area (Å²) in [4.78, 5) is 22.2. The van der Waals surface area contributed by atoms with E-state index < -0.39 is 0 Å². The molecule has 2 aliphatic rings. The molecule has 0 saturated carbocycles. The third-order valence-electron chi connectivity index (χ3n) is 5.54. The maximum atomic E-state index is 13.0. The maximum Gasteiger partial charge on any atom is 0.253 e. The quantitative estimate of drug-likeness (QED) is 0.357. The van der Waals surface area contributed by atoms with Gasteiger partial charge in [0.15, 0.2) is 0 Å². The van der Waals surface area contributed by atoms with Gasteiger partial charge in [0.1, 0.15) is 0 Å². The van der Waals surface area contributed by atoms with Gasteiger partial charge in [0, 0.05) is 44.6 Å². The van der Waals surface area contributed by atoms with Crippen molar-refractivity contribution >= 4 is 40.7 Å².